The molecule has 0 saturated carbocycles. The minimum Gasteiger partial charge on any atom is -0.480 e. The Morgan fingerprint density at radius 2 is 1.95 bits per heavy atom. The number of piperazine rings is 1. The summed E-state index contributed by atoms with van der Waals surface area (Å²) >= 11 is 0. The largest absolute Gasteiger partial charge is 0.480 e. The third kappa shape index (κ3) is 5.44. The summed E-state index contributed by atoms with van der Waals surface area (Å²) in [6.45, 7) is 6.10. The summed E-state index contributed by atoms with van der Waals surface area (Å²) in [6, 6.07) is -0.410. The number of nitrogens with zero attached hydrogens (tertiary/aromatic N) is 2. The topological polar surface area (TPSA) is 82.1 Å². The third-order valence-electron chi connectivity index (χ3n) is 3.51. The minimum atomic E-state index is -0.766. The van der Waals surface area contributed by atoms with E-state index in [9.17, 15) is 9.59 Å². The number of methoxy groups -OCH3 is 1. The van der Waals surface area contributed by atoms with E-state index in [1.54, 1.807) is 7.11 Å². The quantitative estimate of drug-likeness (QED) is 0.571. The minimum absolute atomic E-state index is 0.0132. The molecule has 2 N–H and O–H groups in total. The van der Waals surface area contributed by atoms with E-state index in [2.05, 4.69) is 5.32 Å². The average Bonchev–Trinajstić information content (AvgIpc) is 2.41. The molecule has 0 spiro atoms. The summed E-state index contributed by atoms with van der Waals surface area (Å²) < 4.78 is 4.87. The first kappa shape index (κ1) is 16.9. The molecule has 1 rings (SSSR count). The Bertz CT molecular complexity index is 317. The van der Waals surface area contributed by atoms with Gasteiger partial charge in [0, 0.05) is 39.8 Å². The van der Waals surface area contributed by atoms with Crippen molar-refractivity contribution in [3.8, 4) is 0 Å². The van der Waals surface area contributed by atoms with Gasteiger partial charge in [-0.1, -0.05) is 6.92 Å². The molecule has 0 bridgehead atoms. The first-order valence-corrected chi connectivity index (χ1v) is 7.03. The van der Waals surface area contributed by atoms with Crippen LogP contribution in [0.25, 0.3) is 0 Å². The van der Waals surface area contributed by atoms with Crippen molar-refractivity contribution in [3.05, 3.63) is 0 Å². The Morgan fingerprint density at radius 1 is 1.30 bits per heavy atom. The number of amides is 1. The number of carbonyl (C=O) groups is 2. The molecule has 1 saturated heterocycles. The predicted octanol–water partition coefficient (Wildman–Crippen LogP) is -0.770. The number of nitrogens with one attached hydrogen (secondary N) is 1. The Morgan fingerprint density at radius 3 is 2.45 bits per heavy atom. The number of ether oxygens (including phenoxy) is 1. The fourth-order valence-electron chi connectivity index (χ4n) is 2.37. The summed E-state index contributed by atoms with van der Waals surface area (Å²) in [5.41, 5.74) is 0. The molecule has 1 amide bonds. The molecule has 0 aliphatic carbocycles. The number of hydrogen-bond acceptors (Lipinski definition) is 5. The van der Waals surface area contributed by atoms with Gasteiger partial charge in [-0.05, 0) is 6.42 Å². The molecule has 0 aromatic rings. The summed E-state index contributed by atoms with van der Waals surface area (Å²) in [6.07, 6.45) is 0.604. The molecule has 0 aromatic carbocycles. The lowest BCUT2D eigenvalue weighted by molar-refractivity contribution is -0.144. The highest BCUT2D eigenvalue weighted by molar-refractivity contribution is 5.78. The van der Waals surface area contributed by atoms with Gasteiger partial charge in [0.1, 0.15) is 6.04 Å². The molecule has 20 heavy (non-hydrogen) atoms. The zero-order chi connectivity index (χ0) is 15.0. The average molecular weight is 287 g/mol. The lowest BCUT2D eigenvalue weighted by Crippen LogP contribution is -2.54. The van der Waals surface area contributed by atoms with Gasteiger partial charge < -0.3 is 15.2 Å². The number of carboxylic acids is 1. The fourth-order valence-corrected chi connectivity index (χ4v) is 2.37. The van der Waals surface area contributed by atoms with Crippen molar-refractivity contribution in [1.82, 2.24) is 15.1 Å². The predicted molar refractivity (Wildman–Crippen MR) is 74.6 cm³/mol. The van der Waals surface area contributed by atoms with Crippen LogP contribution in [0.2, 0.25) is 0 Å². The molecule has 1 heterocycles. The molecule has 1 aliphatic rings. The molecule has 1 fully saturated rings. The van der Waals surface area contributed by atoms with E-state index < -0.39 is 12.0 Å². The van der Waals surface area contributed by atoms with E-state index >= 15 is 0 Å². The van der Waals surface area contributed by atoms with Crippen LogP contribution in [0.4, 0.5) is 0 Å². The van der Waals surface area contributed by atoms with Gasteiger partial charge >= 0.3 is 5.97 Å². The summed E-state index contributed by atoms with van der Waals surface area (Å²) in [5, 5.41) is 11.9. The van der Waals surface area contributed by atoms with Gasteiger partial charge in [-0.2, -0.15) is 0 Å². The molecule has 7 nitrogen and oxygen atoms in total. The monoisotopic (exact) mass is 287 g/mol. The maximum atomic E-state index is 11.6. The van der Waals surface area contributed by atoms with Crippen LogP contribution in [0.15, 0.2) is 0 Å². The van der Waals surface area contributed by atoms with Gasteiger partial charge in [-0.15, -0.1) is 0 Å². The molecule has 0 radical (unpaired) electrons. The smallest absolute Gasteiger partial charge is 0.320 e. The lowest BCUT2D eigenvalue weighted by Gasteiger charge is -2.37. The van der Waals surface area contributed by atoms with Crippen molar-refractivity contribution < 1.29 is 19.4 Å². The second-order valence-corrected chi connectivity index (χ2v) is 4.92. The van der Waals surface area contributed by atoms with Gasteiger partial charge in [0.25, 0.3) is 0 Å². The number of hydrogen-bond donors (Lipinski definition) is 2. The summed E-state index contributed by atoms with van der Waals surface area (Å²) in [4.78, 5) is 26.8. The Kier molecular flexibility index (Phi) is 7.50. The van der Waals surface area contributed by atoms with Crippen LogP contribution in [0.5, 0.6) is 0 Å². The van der Waals surface area contributed by atoms with Crippen molar-refractivity contribution in [2.45, 2.75) is 19.4 Å². The number of carboxylic acid groups (broad SMARTS) is 1. The maximum absolute atomic E-state index is 11.6. The van der Waals surface area contributed by atoms with Crippen molar-refractivity contribution in [2.75, 3.05) is 53.0 Å². The van der Waals surface area contributed by atoms with Gasteiger partial charge in [0.2, 0.25) is 5.91 Å². The van der Waals surface area contributed by atoms with Crippen LogP contribution in [0, 0.1) is 0 Å². The highest BCUT2D eigenvalue weighted by Gasteiger charge is 2.27. The first-order chi connectivity index (χ1) is 9.58. The standard InChI is InChI=1S/C13H25N3O4/c1-3-11(13(18)19)16-7-5-15(6-8-16)10-12(17)14-4-9-20-2/h11H,3-10H2,1-2H3,(H,14,17)(H,18,19). The van der Waals surface area contributed by atoms with Crippen LogP contribution in [0.3, 0.4) is 0 Å². The van der Waals surface area contributed by atoms with Gasteiger partial charge in [0.05, 0.1) is 13.2 Å². The molecule has 0 aromatic heterocycles. The van der Waals surface area contributed by atoms with E-state index in [1.807, 2.05) is 16.7 Å². The van der Waals surface area contributed by atoms with Crippen LogP contribution < -0.4 is 5.32 Å². The SMILES string of the molecule is CCC(C(=O)O)N1CCN(CC(=O)NCCOC)CC1. The van der Waals surface area contributed by atoms with Crippen molar-refractivity contribution in [3.63, 3.8) is 0 Å². The van der Waals surface area contributed by atoms with Crippen molar-refractivity contribution >= 4 is 11.9 Å². The number of carbonyl (C=O) groups excluding carboxylic acids is 1. The molecule has 7 heteroatoms. The molecule has 1 atom stereocenters. The fraction of sp³-hybridized carbons (Fsp3) is 0.846. The number of rotatable bonds is 8. The van der Waals surface area contributed by atoms with Gasteiger partial charge in [-0.3, -0.25) is 19.4 Å². The Hall–Kier alpha value is -1.18. The van der Waals surface area contributed by atoms with Crippen molar-refractivity contribution in [2.24, 2.45) is 0 Å². The van der Waals surface area contributed by atoms with Crippen molar-refractivity contribution in [1.29, 1.82) is 0 Å². The third-order valence-corrected chi connectivity index (χ3v) is 3.51. The summed E-state index contributed by atoms with van der Waals surface area (Å²) in [7, 11) is 1.60. The first-order valence-electron chi connectivity index (χ1n) is 7.03. The molecule has 1 unspecified atom stereocenters. The van der Waals surface area contributed by atoms with Gasteiger partial charge in [0.15, 0.2) is 0 Å². The summed E-state index contributed by atoms with van der Waals surface area (Å²) in [5.74, 6) is -0.779. The van der Waals surface area contributed by atoms with E-state index in [-0.39, 0.29) is 5.91 Å². The molecular formula is C13H25N3O4. The lowest BCUT2D eigenvalue weighted by atomic mass is 10.1. The molecular weight excluding hydrogens is 262 g/mol. The van der Waals surface area contributed by atoms with E-state index in [1.165, 1.54) is 0 Å². The van der Waals surface area contributed by atoms with E-state index in [0.717, 1.165) is 13.1 Å². The zero-order valence-electron chi connectivity index (χ0n) is 12.3. The highest BCUT2D eigenvalue weighted by Crippen LogP contribution is 2.09. The molecule has 1 aliphatic heterocycles. The highest BCUT2D eigenvalue weighted by atomic mass is 16.5. The zero-order valence-corrected chi connectivity index (χ0v) is 12.3. The van der Waals surface area contributed by atoms with Crippen LogP contribution >= 0.6 is 0 Å². The number of aliphatic carboxylic acids is 1. The molecule has 116 valence electrons. The normalized spacial score (nSPS) is 18.7. The Labute approximate surface area is 119 Å². The van der Waals surface area contributed by atoms with Crippen LogP contribution in [0.1, 0.15) is 13.3 Å². The maximum Gasteiger partial charge on any atom is 0.320 e. The van der Waals surface area contributed by atoms with E-state index in [4.69, 9.17) is 9.84 Å². The Balaban J connectivity index is 2.28. The van der Waals surface area contributed by atoms with E-state index in [0.29, 0.717) is 39.2 Å². The second-order valence-electron chi connectivity index (χ2n) is 4.92. The van der Waals surface area contributed by atoms with Crippen LogP contribution in [-0.4, -0.2) is 85.8 Å². The second kappa shape index (κ2) is 8.89. The van der Waals surface area contributed by atoms with Gasteiger partial charge in [-0.25, -0.2) is 0 Å². The van der Waals surface area contributed by atoms with Crippen LogP contribution in [-0.2, 0) is 14.3 Å².